The molecule has 3 heteroatoms. The molecule has 2 aromatic rings. The Bertz CT molecular complexity index is 542. The van der Waals surface area contributed by atoms with Gasteiger partial charge in [0.05, 0.1) is 0 Å². The molecule has 2 nitrogen and oxygen atoms in total. The van der Waals surface area contributed by atoms with Crippen LogP contribution in [0.25, 0.3) is 0 Å². The molecule has 0 amide bonds. The molecule has 0 heterocycles. The Kier molecular flexibility index (Phi) is 4.83. The fourth-order valence-electron chi connectivity index (χ4n) is 2.11. The smallest absolute Gasteiger partial charge is 0.120 e. The van der Waals surface area contributed by atoms with E-state index in [2.05, 4.69) is 18.3 Å². The van der Waals surface area contributed by atoms with E-state index in [1.165, 1.54) is 5.56 Å². The molecular formula is C16H18ClNO. The van der Waals surface area contributed by atoms with Crippen LogP contribution < -0.4 is 5.32 Å². The van der Waals surface area contributed by atoms with Gasteiger partial charge in [-0.25, -0.2) is 0 Å². The first-order valence-electron chi connectivity index (χ1n) is 6.46. The van der Waals surface area contributed by atoms with Gasteiger partial charge in [0, 0.05) is 23.2 Å². The summed E-state index contributed by atoms with van der Waals surface area (Å²) in [4.78, 5) is 0. The molecule has 2 rings (SSSR count). The number of hydrogen-bond donors (Lipinski definition) is 2. The summed E-state index contributed by atoms with van der Waals surface area (Å²) in [6, 6.07) is 15.5. The zero-order valence-electron chi connectivity index (χ0n) is 10.9. The number of rotatable bonds is 5. The number of benzene rings is 2. The van der Waals surface area contributed by atoms with Crippen LogP contribution in [0.3, 0.4) is 0 Å². The second-order valence-electron chi connectivity index (χ2n) is 4.53. The third-order valence-corrected chi connectivity index (χ3v) is 3.42. The lowest BCUT2D eigenvalue weighted by Crippen LogP contribution is -2.20. The molecule has 100 valence electrons. The van der Waals surface area contributed by atoms with E-state index >= 15 is 0 Å². The number of phenols is 1. The number of phenolic OH excluding ortho intramolecular Hbond substituents is 1. The SMILES string of the molecule is CCC(NCc1ccccc1O)c1cccc(Cl)c1. The van der Waals surface area contributed by atoms with Gasteiger partial charge in [-0.1, -0.05) is 48.9 Å². The quantitative estimate of drug-likeness (QED) is 0.853. The number of para-hydroxylation sites is 1. The molecule has 19 heavy (non-hydrogen) atoms. The van der Waals surface area contributed by atoms with Crippen LogP contribution in [0.15, 0.2) is 48.5 Å². The molecule has 2 N–H and O–H groups in total. The van der Waals surface area contributed by atoms with Gasteiger partial charge in [-0.3, -0.25) is 0 Å². The first-order valence-corrected chi connectivity index (χ1v) is 6.84. The zero-order chi connectivity index (χ0) is 13.7. The van der Waals surface area contributed by atoms with Gasteiger partial charge < -0.3 is 10.4 Å². The maximum Gasteiger partial charge on any atom is 0.120 e. The van der Waals surface area contributed by atoms with E-state index in [1.807, 2.05) is 36.4 Å². The van der Waals surface area contributed by atoms with Gasteiger partial charge in [-0.15, -0.1) is 0 Å². The highest BCUT2D eigenvalue weighted by Gasteiger charge is 2.10. The predicted molar refractivity (Wildman–Crippen MR) is 79.4 cm³/mol. The fraction of sp³-hybridized carbons (Fsp3) is 0.250. The van der Waals surface area contributed by atoms with Crippen molar-refractivity contribution >= 4 is 11.6 Å². The summed E-state index contributed by atoms with van der Waals surface area (Å²) >= 11 is 6.02. The van der Waals surface area contributed by atoms with Crippen molar-refractivity contribution in [3.05, 3.63) is 64.7 Å². The Balaban J connectivity index is 2.06. The molecule has 0 aliphatic carbocycles. The molecule has 0 saturated carbocycles. The van der Waals surface area contributed by atoms with E-state index in [-0.39, 0.29) is 6.04 Å². The summed E-state index contributed by atoms with van der Waals surface area (Å²) in [6.07, 6.45) is 0.966. The highest BCUT2D eigenvalue weighted by molar-refractivity contribution is 6.30. The summed E-state index contributed by atoms with van der Waals surface area (Å²) in [5.74, 6) is 0.330. The van der Waals surface area contributed by atoms with E-state index in [0.717, 1.165) is 17.0 Å². The molecule has 1 unspecified atom stereocenters. The Morgan fingerprint density at radius 3 is 2.63 bits per heavy atom. The second-order valence-corrected chi connectivity index (χ2v) is 4.96. The van der Waals surface area contributed by atoms with Crippen LogP contribution in [0.4, 0.5) is 0 Å². The van der Waals surface area contributed by atoms with Crippen molar-refractivity contribution in [1.82, 2.24) is 5.32 Å². The number of aromatic hydroxyl groups is 1. The standard InChI is InChI=1S/C16H18ClNO/c1-2-15(12-7-5-8-14(17)10-12)18-11-13-6-3-4-9-16(13)19/h3-10,15,18-19H,2,11H2,1H3. The summed E-state index contributed by atoms with van der Waals surface area (Å²) in [7, 11) is 0. The Morgan fingerprint density at radius 1 is 1.16 bits per heavy atom. The zero-order valence-corrected chi connectivity index (χ0v) is 11.7. The highest BCUT2D eigenvalue weighted by Crippen LogP contribution is 2.22. The van der Waals surface area contributed by atoms with E-state index in [0.29, 0.717) is 12.3 Å². The first-order chi connectivity index (χ1) is 9.20. The third-order valence-electron chi connectivity index (χ3n) is 3.19. The summed E-state index contributed by atoms with van der Waals surface area (Å²) in [5.41, 5.74) is 2.08. The van der Waals surface area contributed by atoms with Crippen LogP contribution >= 0.6 is 11.6 Å². The summed E-state index contributed by atoms with van der Waals surface area (Å²) in [5, 5.41) is 14.0. The molecule has 0 fully saturated rings. The van der Waals surface area contributed by atoms with Crippen LogP contribution in [-0.2, 0) is 6.54 Å². The van der Waals surface area contributed by atoms with Gasteiger partial charge >= 0.3 is 0 Å². The normalized spacial score (nSPS) is 12.3. The van der Waals surface area contributed by atoms with Crippen molar-refractivity contribution < 1.29 is 5.11 Å². The minimum absolute atomic E-state index is 0.235. The summed E-state index contributed by atoms with van der Waals surface area (Å²) < 4.78 is 0. The van der Waals surface area contributed by atoms with Crippen molar-refractivity contribution in [2.75, 3.05) is 0 Å². The lowest BCUT2D eigenvalue weighted by Gasteiger charge is -2.18. The minimum atomic E-state index is 0.235. The maximum atomic E-state index is 9.75. The maximum absolute atomic E-state index is 9.75. The molecule has 0 saturated heterocycles. The van der Waals surface area contributed by atoms with Gasteiger partial charge in [-0.05, 0) is 30.2 Å². The van der Waals surface area contributed by atoms with Crippen LogP contribution in [0, 0.1) is 0 Å². The monoisotopic (exact) mass is 275 g/mol. The van der Waals surface area contributed by atoms with E-state index in [1.54, 1.807) is 6.07 Å². The minimum Gasteiger partial charge on any atom is -0.508 e. The molecule has 0 spiro atoms. The Labute approximate surface area is 119 Å². The van der Waals surface area contributed by atoms with Gasteiger partial charge in [0.2, 0.25) is 0 Å². The third kappa shape index (κ3) is 3.72. The Hall–Kier alpha value is -1.51. The molecule has 0 bridgehead atoms. The van der Waals surface area contributed by atoms with Gasteiger partial charge in [0.15, 0.2) is 0 Å². The highest BCUT2D eigenvalue weighted by atomic mass is 35.5. The number of nitrogens with one attached hydrogen (secondary N) is 1. The van der Waals surface area contributed by atoms with Crippen molar-refractivity contribution in [2.45, 2.75) is 25.9 Å². The van der Waals surface area contributed by atoms with Crippen molar-refractivity contribution in [3.63, 3.8) is 0 Å². The van der Waals surface area contributed by atoms with E-state index in [4.69, 9.17) is 11.6 Å². The number of halogens is 1. The largest absolute Gasteiger partial charge is 0.508 e. The number of hydrogen-bond acceptors (Lipinski definition) is 2. The molecule has 1 atom stereocenters. The van der Waals surface area contributed by atoms with Crippen LogP contribution in [0.2, 0.25) is 5.02 Å². The summed E-state index contributed by atoms with van der Waals surface area (Å²) in [6.45, 7) is 2.76. The lowest BCUT2D eigenvalue weighted by atomic mass is 10.0. The molecule has 0 aliphatic heterocycles. The van der Waals surface area contributed by atoms with Gasteiger partial charge in [0.25, 0.3) is 0 Å². The lowest BCUT2D eigenvalue weighted by molar-refractivity contribution is 0.455. The van der Waals surface area contributed by atoms with E-state index in [9.17, 15) is 5.11 Å². The molecule has 0 radical (unpaired) electrons. The molecule has 2 aromatic carbocycles. The average molecular weight is 276 g/mol. The topological polar surface area (TPSA) is 32.3 Å². The molecule has 0 aliphatic rings. The predicted octanol–water partition coefficient (Wildman–Crippen LogP) is 4.29. The van der Waals surface area contributed by atoms with Crippen LogP contribution in [0.1, 0.15) is 30.5 Å². The molecule has 0 aromatic heterocycles. The fourth-order valence-corrected chi connectivity index (χ4v) is 2.31. The van der Waals surface area contributed by atoms with E-state index < -0.39 is 0 Å². The van der Waals surface area contributed by atoms with Crippen molar-refractivity contribution in [1.29, 1.82) is 0 Å². The molecular weight excluding hydrogens is 258 g/mol. The van der Waals surface area contributed by atoms with Crippen molar-refractivity contribution in [3.8, 4) is 5.75 Å². The van der Waals surface area contributed by atoms with Gasteiger partial charge in [-0.2, -0.15) is 0 Å². The van der Waals surface area contributed by atoms with Crippen LogP contribution in [0.5, 0.6) is 5.75 Å². The van der Waals surface area contributed by atoms with Crippen molar-refractivity contribution in [2.24, 2.45) is 0 Å². The average Bonchev–Trinajstić information content (AvgIpc) is 2.41. The first kappa shape index (κ1) is 13.9. The van der Waals surface area contributed by atoms with Crippen LogP contribution in [-0.4, -0.2) is 5.11 Å². The Morgan fingerprint density at radius 2 is 1.95 bits per heavy atom. The van der Waals surface area contributed by atoms with Gasteiger partial charge in [0.1, 0.15) is 5.75 Å². The second kappa shape index (κ2) is 6.60.